The van der Waals surface area contributed by atoms with E-state index in [0.717, 1.165) is 29.0 Å². The van der Waals surface area contributed by atoms with E-state index >= 15 is 0 Å². The molecule has 0 saturated heterocycles. The Morgan fingerprint density at radius 3 is 2.78 bits per heavy atom. The molecule has 0 bridgehead atoms. The minimum absolute atomic E-state index is 0.0349. The van der Waals surface area contributed by atoms with Crippen molar-refractivity contribution in [1.29, 1.82) is 0 Å². The zero-order chi connectivity index (χ0) is 16.2. The van der Waals surface area contributed by atoms with Gasteiger partial charge in [0.25, 0.3) is 0 Å². The molecule has 1 atom stereocenters. The molecule has 4 nitrogen and oxygen atoms in total. The lowest BCUT2D eigenvalue weighted by molar-refractivity contribution is 0.186. The standard InChI is InChI=1S/C19H22N2O2/c1-3-16-13-21(17-11-14(2)9-10-18(17)23-16)19(22)20-12-15-7-5-4-6-8-15/h4-11,16H,3,12-13H2,1-2H3,(H,20,22)/t16-/m1/s1. The summed E-state index contributed by atoms with van der Waals surface area (Å²) >= 11 is 0. The van der Waals surface area contributed by atoms with Gasteiger partial charge in [0.2, 0.25) is 0 Å². The van der Waals surface area contributed by atoms with Crippen LogP contribution in [0.5, 0.6) is 5.75 Å². The number of hydrogen-bond donors (Lipinski definition) is 1. The molecule has 2 aromatic carbocycles. The molecule has 23 heavy (non-hydrogen) atoms. The van der Waals surface area contributed by atoms with Gasteiger partial charge in [0, 0.05) is 6.54 Å². The molecular formula is C19H22N2O2. The first-order chi connectivity index (χ1) is 11.2. The fourth-order valence-corrected chi connectivity index (χ4v) is 2.73. The van der Waals surface area contributed by atoms with Crippen LogP contribution in [0.2, 0.25) is 0 Å². The highest BCUT2D eigenvalue weighted by molar-refractivity contribution is 5.94. The summed E-state index contributed by atoms with van der Waals surface area (Å²) in [6.45, 7) is 5.19. The molecule has 1 aliphatic heterocycles. The van der Waals surface area contributed by atoms with E-state index in [4.69, 9.17) is 4.74 Å². The molecule has 0 aliphatic carbocycles. The third-order valence-electron chi connectivity index (χ3n) is 4.07. The lowest BCUT2D eigenvalue weighted by Crippen LogP contribution is -2.47. The SMILES string of the molecule is CC[C@@H]1CN(C(=O)NCc2ccccc2)c2cc(C)ccc2O1. The van der Waals surface area contributed by atoms with Gasteiger partial charge in [-0.05, 0) is 36.6 Å². The molecule has 0 spiro atoms. The summed E-state index contributed by atoms with van der Waals surface area (Å²) < 4.78 is 5.96. The van der Waals surface area contributed by atoms with Gasteiger partial charge >= 0.3 is 6.03 Å². The molecule has 0 aromatic heterocycles. The van der Waals surface area contributed by atoms with E-state index in [9.17, 15) is 4.79 Å². The van der Waals surface area contributed by atoms with Crippen LogP contribution in [0.1, 0.15) is 24.5 Å². The van der Waals surface area contributed by atoms with Crippen molar-refractivity contribution < 1.29 is 9.53 Å². The maximum Gasteiger partial charge on any atom is 0.322 e. The lowest BCUT2D eigenvalue weighted by Gasteiger charge is -2.34. The van der Waals surface area contributed by atoms with Crippen LogP contribution >= 0.6 is 0 Å². The van der Waals surface area contributed by atoms with Gasteiger partial charge in [-0.2, -0.15) is 0 Å². The number of urea groups is 1. The predicted octanol–water partition coefficient (Wildman–Crippen LogP) is 3.88. The van der Waals surface area contributed by atoms with Crippen molar-refractivity contribution in [2.75, 3.05) is 11.4 Å². The Hall–Kier alpha value is -2.49. The second kappa shape index (κ2) is 6.73. The number of ether oxygens (including phenoxy) is 1. The molecule has 4 heteroatoms. The number of nitrogens with one attached hydrogen (secondary N) is 1. The molecule has 1 aliphatic rings. The van der Waals surface area contributed by atoms with E-state index in [1.807, 2.05) is 55.5 Å². The molecule has 0 unspecified atom stereocenters. The highest BCUT2D eigenvalue weighted by Crippen LogP contribution is 2.34. The van der Waals surface area contributed by atoms with Gasteiger partial charge in [-0.25, -0.2) is 4.79 Å². The van der Waals surface area contributed by atoms with Gasteiger partial charge in [-0.3, -0.25) is 4.90 Å². The minimum atomic E-state index is -0.0811. The Balaban J connectivity index is 1.78. The average molecular weight is 310 g/mol. The zero-order valence-corrected chi connectivity index (χ0v) is 13.6. The summed E-state index contributed by atoms with van der Waals surface area (Å²) in [7, 11) is 0. The summed E-state index contributed by atoms with van der Waals surface area (Å²) in [5.74, 6) is 0.781. The van der Waals surface area contributed by atoms with E-state index < -0.39 is 0 Å². The highest BCUT2D eigenvalue weighted by Gasteiger charge is 2.28. The van der Waals surface area contributed by atoms with Crippen LogP contribution in [0.4, 0.5) is 10.5 Å². The molecule has 0 radical (unpaired) electrons. The van der Waals surface area contributed by atoms with Crippen LogP contribution in [0.15, 0.2) is 48.5 Å². The summed E-state index contributed by atoms with van der Waals surface area (Å²) in [5, 5.41) is 3.01. The molecule has 1 heterocycles. The van der Waals surface area contributed by atoms with Crippen molar-refractivity contribution in [3.63, 3.8) is 0 Å². The second-order valence-corrected chi connectivity index (χ2v) is 5.87. The number of carbonyl (C=O) groups is 1. The van der Waals surface area contributed by atoms with Gasteiger partial charge in [0.15, 0.2) is 0 Å². The number of fused-ring (bicyclic) bond motifs is 1. The van der Waals surface area contributed by atoms with Crippen molar-refractivity contribution in [2.45, 2.75) is 32.9 Å². The molecule has 0 fully saturated rings. The Morgan fingerprint density at radius 2 is 2.04 bits per heavy atom. The van der Waals surface area contributed by atoms with Crippen molar-refractivity contribution in [3.8, 4) is 5.75 Å². The van der Waals surface area contributed by atoms with Crippen LogP contribution in [0.25, 0.3) is 0 Å². The largest absolute Gasteiger partial charge is 0.486 e. The highest BCUT2D eigenvalue weighted by atomic mass is 16.5. The second-order valence-electron chi connectivity index (χ2n) is 5.87. The number of aryl methyl sites for hydroxylation is 1. The summed E-state index contributed by atoms with van der Waals surface area (Å²) in [4.78, 5) is 14.5. The van der Waals surface area contributed by atoms with Gasteiger partial charge in [0.1, 0.15) is 11.9 Å². The predicted molar refractivity (Wildman–Crippen MR) is 91.9 cm³/mol. The number of anilines is 1. The van der Waals surface area contributed by atoms with Crippen LogP contribution in [-0.4, -0.2) is 18.7 Å². The van der Waals surface area contributed by atoms with Gasteiger partial charge in [-0.1, -0.05) is 43.3 Å². The Morgan fingerprint density at radius 1 is 1.26 bits per heavy atom. The molecule has 1 N–H and O–H groups in total. The monoisotopic (exact) mass is 310 g/mol. The molecule has 3 rings (SSSR count). The van der Waals surface area contributed by atoms with Crippen molar-refractivity contribution >= 4 is 11.7 Å². The molecule has 0 saturated carbocycles. The van der Waals surface area contributed by atoms with E-state index in [-0.39, 0.29) is 12.1 Å². The smallest absolute Gasteiger partial charge is 0.322 e. The number of nitrogens with zero attached hydrogens (tertiary/aromatic N) is 1. The quantitative estimate of drug-likeness (QED) is 0.934. The topological polar surface area (TPSA) is 41.6 Å². The Kier molecular flexibility index (Phi) is 4.51. The zero-order valence-electron chi connectivity index (χ0n) is 13.6. The number of amides is 2. The van der Waals surface area contributed by atoms with Crippen molar-refractivity contribution in [3.05, 3.63) is 59.7 Å². The maximum atomic E-state index is 12.7. The third-order valence-corrected chi connectivity index (χ3v) is 4.07. The average Bonchev–Trinajstić information content (AvgIpc) is 2.59. The fourth-order valence-electron chi connectivity index (χ4n) is 2.73. The van der Waals surface area contributed by atoms with Crippen LogP contribution in [0.3, 0.4) is 0 Å². The van der Waals surface area contributed by atoms with Gasteiger partial charge in [-0.15, -0.1) is 0 Å². The minimum Gasteiger partial charge on any atom is -0.486 e. The number of benzene rings is 2. The first-order valence-corrected chi connectivity index (χ1v) is 8.04. The van der Waals surface area contributed by atoms with Gasteiger partial charge < -0.3 is 10.1 Å². The summed E-state index contributed by atoms with van der Waals surface area (Å²) in [6.07, 6.45) is 0.906. The van der Waals surface area contributed by atoms with E-state index in [1.165, 1.54) is 0 Å². The maximum absolute atomic E-state index is 12.7. The van der Waals surface area contributed by atoms with Crippen molar-refractivity contribution in [1.82, 2.24) is 5.32 Å². The fraction of sp³-hybridized carbons (Fsp3) is 0.316. The Bertz CT molecular complexity index is 685. The van der Waals surface area contributed by atoms with Crippen molar-refractivity contribution in [2.24, 2.45) is 0 Å². The third kappa shape index (κ3) is 3.47. The molecule has 2 amide bonds. The van der Waals surface area contributed by atoms with Crippen LogP contribution < -0.4 is 15.0 Å². The molecule has 2 aromatic rings. The summed E-state index contributed by atoms with van der Waals surface area (Å²) in [6, 6.07) is 15.8. The molecular weight excluding hydrogens is 288 g/mol. The van der Waals surface area contributed by atoms with Gasteiger partial charge in [0.05, 0.1) is 12.2 Å². The Labute approximate surface area is 137 Å². The number of rotatable bonds is 3. The van der Waals surface area contributed by atoms with Crippen LogP contribution in [0, 0.1) is 6.92 Å². The van der Waals surface area contributed by atoms with Crippen LogP contribution in [-0.2, 0) is 6.54 Å². The number of carbonyl (C=O) groups excluding carboxylic acids is 1. The normalized spacial score (nSPS) is 16.4. The lowest BCUT2D eigenvalue weighted by atomic mass is 10.1. The first-order valence-electron chi connectivity index (χ1n) is 8.04. The van der Waals surface area contributed by atoms with E-state index in [1.54, 1.807) is 4.90 Å². The number of hydrogen-bond acceptors (Lipinski definition) is 2. The van der Waals surface area contributed by atoms with E-state index in [0.29, 0.717) is 13.1 Å². The van der Waals surface area contributed by atoms with E-state index in [2.05, 4.69) is 12.2 Å². The first kappa shape index (κ1) is 15.4. The molecule has 120 valence electrons. The summed E-state index contributed by atoms with van der Waals surface area (Å²) in [5.41, 5.74) is 3.05.